The van der Waals surface area contributed by atoms with E-state index >= 15 is 0 Å². The Morgan fingerprint density at radius 1 is 0.443 bits per heavy atom. The van der Waals surface area contributed by atoms with Crippen LogP contribution < -0.4 is 26.2 Å². The van der Waals surface area contributed by atoms with Gasteiger partial charge in [-0.05, 0) is 145 Å². The van der Waals surface area contributed by atoms with Crippen molar-refractivity contribution in [2.45, 2.75) is 85.5 Å². The van der Waals surface area contributed by atoms with Gasteiger partial charge in [-0.2, -0.15) is 0 Å². The lowest BCUT2D eigenvalue weighted by Crippen LogP contribution is -2.61. The maximum atomic E-state index is 2.60. The van der Waals surface area contributed by atoms with Gasteiger partial charge < -0.3 is 9.80 Å². The van der Waals surface area contributed by atoms with Crippen molar-refractivity contribution >= 4 is 78.6 Å². The highest BCUT2D eigenvalue weighted by Gasteiger charge is 2.44. The lowest BCUT2D eigenvalue weighted by Gasteiger charge is -2.45. The number of nitrogens with zero attached hydrogens (tertiary/aromatic N) is 2. The van der Waals surface area contributed by atoms with Crippen LogP contribution in [0.3, 0.4) is 0 Å². The average molecular weight is 811 g/mol. The van der Waals surface area contributed by atoms with Crippen LogP contribution in [0.15, 0.2) is 151 Å². The number of rotatable bonds is 4. The molecule has 3 heterocycles. The third-order valence-electron chi connectivity index (χ3n) is 13.1. The van der Waals surface area contributed by atoms with E-state index in [1.54, 1.807) is 11.3 Å². The molecule has 0 amide bonds. The first-order chi connectivity index (χ1) is 29.1. The van der Waals surface area contributed by atoms with E-state index in [1.165, 1.54) is 105 Å². The molecule has 10 rings (SSSR count). The molecule has 2 nitrogen and oxygen atoms in total. The Kier molecular flexibility index (Phi) is 9.09. The Morgan fingerprint density at radius 3 is 1.64 bits per heavy atom. The third kappa shape index (κ3) is 6.62. The van der Waals surface area contributed by atoms with Crippen molar-refractivity contribution < 1.29 is 0 Å². The summed E-state index contributed by atoms with van der Waals surface area (Å²) in [7, 11) is 0. The largest absolute Gasteiger partial charge is 0.311 e. The van der Waals surface area contributed by atoms with E-state index in [4.69, 9.17) is 0 Å². The number of aryl methyl sites for hydroxylation is 1. The summed E-state index contributed by atoms with van der Waals surface area (Å²) in [6.07, 6.45) is 0. The summed E-state index contributed by atoms with van der Waals surface area (Å²) >= 11 is 1.81. The van der Waals surface area contributed by atoms with Gasteiger partial charge in [-0.3, -0.25) is 0 Å². The second-order valence-corrected chi connectivity index (χ2v) is 21.3. The molecule has 4 heteroatoms. The highest BCUT2D eigenvalue weighted by molar-refractivity contribution is 7.17. The second kappa shape index (κ2) is 14.1. The maximum absolute atomic E-state index is 2.60. The quantitative estimate of drug-likeness (QED) is 0.163. The number of hydrogen-bond donors (Lipinski definition) is 0. The van der Waals surface area contributed by atoms with Gasteiger partial charge >= 0.3 is 0 Å². The van der Waals surface area contributed by atoms with Crippen molar-refractivity contribution in [2.24, 2.45) is 0 Å². The molecule has 0 N–H and O–H groups in total. The minimum absolute atomic E-state index is 0.0128. The lowest BCUT2D eigenvalue weighted by atomic mass is 9.33. The molecular weight excluding hydrogens is 756 g/mol. The summed E-state index contributed by atoms with van der Waals surface area (Å²) in [5.41, 5.74) is 21.6. The van der Waals surface area contributed by atoms with Crippen LogP contribution in [-0.2, 0) is 16.2 Å². The standard InChI is InChI=1S/C57H55BN2S/c1-36-31-51-54-52(32-36)60(48-26-19-38(33-45(48)37-15-12-11-13-16-37)43-17-14-18-53-44(43)29-30-61-53)50-28-23-41(57(8,9)10)35-47(50)58(54)46-34-40(56(5,6)7)22-27-49(46)59(51)42-24-20-39(21-25-42)55(2,3)4/h11-35H,1-10H3. The maximum Gasteiger partial charge on any atom is 0.252 e. The van der Waals surface area contributed by atoms with Crippen LogP contribution in [-0.4, -0.2) is 6.71 Å². The van der Waals surface area contributed by atoms with Gasteiger partial charge in [-0.25, -0.2) is 0 Å². The van der Waals surface area contributed by atoms with Crippen LogP contribution in [0.4, 0.5) is 34.1 Å². The fourth-order valence-electron chi connectivity index (χ4n) is 9.72. The molecular formula is C57H55BN2S. The zero-order valence-electron chi connectivity index (χ0n) is 37.3. The monoisotopic (exact) mass is 810 g/mol. The summed E-state index contributed by atoms with van der Waals surface area (Å²) < 4.78 is 1.31. The summed E-state index contributed by atoms with van der Waals surface area (Å²) in [5, 5.41) is 3.51. The second-order valence-electron chi connectivity index (χ2n) is 20.4. The minimum atomic E-state index is -0.0264. The molecule has 0 saturated heterocycles. The molecule has 0 fully saturated rings. The topological polar surface area (TPSA) is 6.48 Å². The summed E-state index contributed by atoms with van der Waals surface area (Å²) in [4.78, 5) is 5.15. The van der Waals surface area contributed by atoms with E-state index in [-0.39, 0.29) is 23.0 Å². The van der Waals surface area contributed by atoms with Crippen LogP contribution in [0.1, 0.15) is 84.6 Å². The van der Waals surface area contributed by atoms with E-state index in [9.17, 15) is 0 Å². The highest BCUT2D eigenvalue weighted by Crippen LogP contribution is 2.49. The predicted octanol–water partition coefficient (Wildman–Crippen LogP) is 14.5. The van der Waals surface area contributed by atoms with E-state index in [0.717, 1.165) is 0 Å². The van der Waals surface area contributed by atoms with Crippen molar-refractivity contribution in [2.75, 3.05) is 9.80 Å². The molecule has 0 aliphatic carbocycles. The van der Waals surface area contributed by atoms with Gasteiger partial charge in [0.05, 0.1) is 5.69 Å². The zero-order chi connectivity index (χ0) is 42.6. The Balaban J connectivity index is 1.29. The molecule has 0 spiro atoms. The zero-order valence-corrected chi connectivity index (χ0v) is 38.1. The van der Waals surface area contributed by atoms with Crippen molar-refractivity contribution in [3.05, 3.63) is 173 Å². The van der Waals surface area contributed by atoms with Crippen molar-refractivity contribution in [1.82, 2.24) is 0 Å². The molecule has 0 atom stereocenters. The van der Waals surface area contributed by atoms with Crippen LogP contribution in [0.2, 0.25) is 0 Å². The van der Waals surface area contributed by atoms with E-state index in [2.05, 4.69) is 230 Å². The number of anilines is 6. The Hall–Kier alpha value is -5.84. The van der Waals surface area contributed by atoms with Gasteiger partial charge in [0.2, 0.25) is 0 Å². The van der Waals surface area contributed by atoms with Gasteiger partial charge in [-0.1, -0.05) is 147 Å². The van der Waals surface area contributed by atoms with E-state index in [0.29, 0.717) is 0 Å². The molecule has 1 aromatic heterocycles. The molecule has 8 aromatic rings. The average Bonchev–Trinajstić information content (AvgIpc) is 3.72. The number of fused-ring (bicyclic) bond motifs is 5. The molecule has 2 aliphatic rings. The SMILES string of the molecule is Cc1cc2c3c(c1)N(c1ccc(-c4cccc5sccc45)cc1-c1ccccc1)c1ccc(C(C)(C)C)cc1B3c1cc(C(C)(C)C)ccc1N2c1ccc(C(C)(C)C)cc1. The number of thiophene rings is 1. The van der Waals surface area contributed by atoms with E-state index in [1.807, 2.05) is 0 Å². The summed E-state index contributed by atoms with van der Waals surface area (Å²) in [5.74, 6) is 0. The first-order valence-electron chi connectivity index (χ1n) is 21.9. The van der Waals surface area contributed by atoms with Gasteiger partial charge in [0, 0.05) is 44.1 Å². The first-order valence-corrected chi connectivity index (χ1v) is 22.7. The van der Waals surface area contributed by atoms with Gasteiger partial charge in [0.25, 0.3) is 6.71 Å². The number of benzene rings is 7. The van der Waals surface area contributed by atoms with Crippen molar-refractivity contribution in [1.29, 1.82) is 0 Å². The van der Waals surface area contributed by atoms with Crippen LogP contribution in [0.5, 0.6) is 0 Å². The summed E-state index contributed by atoms with van der Waals surface area (Å²) in [6.45, 7) is 23.2. The smallest absolute Gasteiger partial charge is 0.252 e. The molecule has 0 radical (unpaired) electrons. The van der Waals surface area contributed by atoms with Crippen LogP contribution in [0.25, 0.3) is 32.3 Å². The van der Waals surface area contributed by atoms with Gasteiger partial charge in [-0.15, -0.1) is 11.3 Å². The molecule has 61 heavy (non-hydrogen) atoms. The normalized spacial score (nSPS) is 13.6. The summed E-state index contributed by atoms with van der Waals surface area (Å²) in [6, 6.07) is 56.0. The third-order valence-corrected chi connectivity index (χ3v) is 13.9. The Morgan fingerprint density at radius 2 is 1.02 bits per heavy atom. The highest BCUT2D eigenvalue weighted by atomic mass is 32.1. The van der Waals surface area contributed by atoms with Gasteiger partial charge in [0.15, 0.2) is 0 Å². The van der Waals surface area contributed by atoms with Crippen LogP contribution >= 0.6 is 11.3 Å². The fourth-order valence-corrected chi connectivity index (χ4v) is 10.5. The van der Waals surface area contributed by atoms with Gasteiger partial charge in [0.1, 0.15) is 0 Å². The lowest BCUT2D eigenvalue weighted by molar-refractivity contribution is 0.590. The fraction of sp³-hybridized carbons (Fsp3) is 0.228. The first kappa shape index (κ1) is 39.3. The molecule has 0 bridgehead atoms. The van der Waals surface area contributed by atoms with Crippen LogP contribution in [0, 0.1) is 6.92 Å². The molecule has 0 unspecified atom stereocenters. The van der Waals surface area contributed by atoms with Crippen molar-refractivity contribution in [3.63, 3.8) is 0 Å². The molecule has 2 aliphatic heterocycles. The Labute approximate surface area is 367 Å². The predicted molar refractivity (Wildman–Crippen MR) is 268 cm³/mol. The van der Waals surface area contributed by atoms with Crippen molar-refractivity contribution in [3.8, 4) is 22.3 Å². The molecule has 0 saturated carbocycles. The Bertz CT molecular complexity index is 2990. The van der Waals surface area contributed by atoms with E-state index < -0.39 is 0 Å². The molecule has 302 valence electrons. The number of hydrogen-bond acceptors (Lipinski definition) is 3. The minimum Gasteiger partial charge on any atom is -0.311 e. The molecule has 7 aromatic carbocycles.